The van der Waals surface area contributed by atoms with Gasteiger partial charge in [-0.15, -0.1) is 11.3 Å². The number of rotatable bonds is 6. The molecule has 2 aromatic heterocycles. The molecule has 2 atom stereocenters. The number of urea groups is 1. The van der Waals surface area contributed by atoms with Crippen LogP contribution in [0.5, 0.6) is 0 Å². The fraction of sp³-hybridized carbons (Fsp3) is 0.389. The van der Waals surface area contributed by atoms with Gasteiger partial charge in [-0.3, -0.25) is 14.5 Å². The topological polar surface area (TPSA) is 91.7 Å². The highest BCUT2D eigenvalue weighted by atomic mass is 32.1. The molecule has 26 heavy (non-hydrogen) atoms. The molecule has 4 amide bonds. The van der Waals surface area contributed by atoms with Gasteiger partial charge in [0.25, 0.3) is 5.91 Å². The summed E-state index contributed by atoms with van der Waals surface area (Å²) < 4.78 is 5.28. The van der Waals surface area contributed by atoms with Gasteiger partial charge in [-0.2, -0.15) is 0 Å². The van der Waals surface area contributed by atoms with E-state index in [0.717, 1.165) is 9.78 Å². The summed E-state index contributed by atoms with van der Waals surface area (Å²) in [6.45, 7) is 5.24. The zero-order chi connectivity index (χ0) is 18.9. The summed E-state index contributed by atoms with van der Waals surface area (Å²) >= 11 is 1.56. The quantitative estimate of drug-likeness (QED) is 0.759. The van der Waals surface area contributed by atoms with Crippen LogP contribution >= 0.6 is 11.3 Å². The molecule has 0 bridgehead atoms. The van der Waals surface area contributed by atoms with Gasteiger partial charge in [-0.05, 0) is 36.4 Å². The van der Waals surface area contributed by atoms with E-state index < -0.39 is 17.5 Å². The van der Waals surface area contributed by atoms with Crippen LogP contribution in [0, 0.1) is 5.92 Å². The maximum absolute atomic E-state index is 12.7. The second-order valence-electron chi connectivity index (χ2n) is 6.73. The van der Waals surface area contributed by atoms with Crippen LogP contribution in [0.3, 0.4) is 0 Å². The van der Waals surface area contributed by atoms with Crippen molar-refractivity contribution in [1.82, 2.24) is 15.5 Å². The van der Waals surface area contributed by atoms with Crippen molar-refractivity contribution in [3.05, 3.63) is 46.5 Å². The number of hydrogen-bond donors (Lipinski definition) is 2. The van der Waals surface area contributed by atoms with Crippen molar-refractivity contribution in [3.8, 4) is 0 Å². The molecule has 138 valence electrons. The van der Waals surface area contributed by atoms with Crippen LogP contribution in [-0.2, 0) is 15.1 Å². The summed E-state index contributed by atoms with van der Waals surface area (Å²) in [5.74, 6) is -0.388. The van der Waals surface area contributed by atoms with E-state index in [1.54, 1.807) is 30.4 Å². The van der Waals surface area contributed by atoms with Gasteiger partial charge in [0.2, 0.25) is 5.91 Å². The average Bonchev–Trinajstić information content (AvgIpc) is 3.32. The van der Waals surface area contributed by atoms with Gasteiger partial charge in [0.05, 0.1) is 12.3 Å². The smallest absolute Gasteiger partial charge is 0.325 e. The van der Waals surface area contributed by atoms with Crippen LogP contribution in [0.15, 0.2) is 40.3 Å². The van der Waals surface area contributed by atoms with Gasteiger partial charge in [-0.25, -0.2) is 4.79 Å². The first-order valence-corrected chi connectivity index (χ1v) is 9.21. The predicted molar refractivity (Wildman–Crippen MR) is 96.3 cm³/mol. The lowest BCUT2D eigenvalue weighted by atomic mass is 9.99. The highest BCUT2D eigenvalue weighted by Gasteiger charge is 2.51. The Morgan fingerprint density at radius 2 is 2.12 bits per heavy atom. The molecule has 0 aliphatic carbocycles. The van der Waals surface area contributed by atoms with Gasteiger partial charge in [0.1, 0.15) is 12.3 Å². The summed E-state index contributed by atoms with van der Waals surface area (Å²) in [6, 6.07) is 6.36. The van der Waals surface area contributed by atoms with Crippen molar-refractivity contribution < 1.29 is 18.8 Å². The van der Waals surface area contributed by atoms with E-state index in [4.69, 9.17) is 4.42 Å². The number of carbonyl (C=O) groups is 3. The molecule has 7 nitrogen and oxygen atoms in total. The number of imide groups is 1. The number of furan rings is 1. The summed E-state index contributed by atoms with van der Waals surface area (Å²) in [6.07, 6.45) is 1.43. The maximum Gasteiger partial charge on any atom is 0.325 e. The largest absolute Gasteiger partial charge is 0.466 e. The molecule has 0 spiro atoms. The highest BCUT2D eigenvalue weighted by molar-refractivity contribution is 7.10. The molecule has 1 fully saturated rings. The number of nitrogens with one attached hydrogen (secondary N) is 2. The average molecular weight is 375 g/mol. The normalized spacial score (nSPS) is 21.2. The standard InChI is InChI=1S/C18H21N3O4S/c1-11(2)15(12-6-5-9-26-12)19-14(22)10-21-16(23)18(3,20-17(21)24)13-7-4-8-25-13/h4-9,11,15H,10H2,1-3H3,(H,19,22)(H,20,24). The second kappa shape index (κ2) is 6.95. The molecule has 8 heteroatoms. The number of carbonyl (C=O) groups excluding carboxylic acids is 3. The molecule has 1 aliphatic heterocycles. The monoisotopic (exact) mass is 375 g/mol. The first kappa shape index (κ1) is 18.2. The molecule has 2 unspecified atom stereocenters. The van der Waals surface area contributed by atoms with E-state index in [9.17, 15) is 14.4 Å². The van der Waals surface area contributed by atoms with Crippen LogP contribution in [0.2, 0.25) is 0 Å². The summed E-state index contributed by atoms with van der Waals surface area (Å²) in [7, 11) is 0. The number of amides is 4. The molecule has 0 aromatic carbocycles. The van der Waals surface area contributed by atoms with Crippen molar-refractivity contribution in [1.29, 1.82) is 0 Å². The Hall–Kier alpha value is -2.61. The molecular weight excluding hydrogens is 354 g/mol. The van der Waals surface area contributed by atoms with Crippen LogP contribution in [0.4, 0.5) is 4.79 Å². The molecule has 1 saturated heterocycles. The molecule has 3 heterocycles. The number of hydrogen-bond acceptors (Lipinski definition) is 5. The summed E-state index contributed by atoms with van der Waals surface area (Å²) in [5, 5.41) is 7.48. The van der Waals surface area contributed by atoms with Gasteiger partial charge >= 0.3 is 6.03 Å². The molecular formula is C18H21N3O4S. The van der Waals surface area contributed by atoms with Gasteiger partial charge < -0.3 is 15.1 Å². The van der Waals surface area contributed by atoms with Gasteiger partial charge in [0.15, 0.2) is 5.54 Å². The Bertz CT molecular complexity index is 801. The Morgan fingerprint density at radius 3 is 2.69 bits per heavy atom. The van der Waals surface area contributed by atoms with Crippen molar-refractivity contribution in [3.63, 3.8) is 0 Å². The first-order chi connectivity index (χ1) is 12.3. The van der Waals surface area contributed by atoms with E-state index in [2.05, 4.69) is 10.6 Å². The lowest BCUT2D eigenvalue weighted by Crippen LogP contribution is -2.44. The Morgan fingerprint density at radius 1 is 1.35 bits per heavy atom. The minimum absolute atomic E-state index is 0.167. The Kier molecular flexibility index (Phi) is 4.86. The lowest BCUT2D eigenvalue weighted by molar-refractivity contribution is -0.135. The third kappa shape index (κ3) is 3.24. The van der Waals surface area contributed by atoms with Crippen LogP contribution < -0.4 is 10.6 Å². The highest BCUT2D eigenvalue weighted by Crippen LogP contribution is 2.29. The van der Waals surface area contributed by atoms with E-state index >= 15 is 0 Å². The van der Waals surface area contributed by atoms with Crippen LogP contribution in [0.1, 0.15) is 37.5 Å². The van der Waals surface area contributed by atoms with Gasteiger partial charge in [0, 0.05) is 4.88 Å². The minimum Gasteiger partial charge on any atom is -0.466 e. The maximum atomic E-state index is 12.7. The molecule has 2 aromatic rings. The zero-order valence-electron chi connectivity index (χ0n) is 14.8. The summed E-state index contributed by atoms with van der Waals surface area (Å²) in [5.41, 5.74) is -1.30. The predicted octanol–water partition coefficient (Wildman–Crippen LogP) is 2.62. The van der Waals surface area contributed by atoms with Crippen molar-refractivity contribution in [2.24, 2.45) is 5.92 Å². The SMILES string of the molecule is CC(C)C(NC(=O)CN1C(=O)NC(C)(c2ccco2)C1=O)c1cccs1. The molecule has 0 radical (unpaired) electrons. The molecule has 2 N–H and O–H groups in total. The minimum atomic E-state index is -1.30. The van der Waals surface area contributed by atoms with E-state index in [1.165, 1.54) is 6.26 Å². The third-order valence-corrected chi connectivity index (χ3v) is 5.38. The fourth-order valence-electron chi connectivity index (χ4n) is 2.97. The lowest BCUT2D eigenvalue weighted by Gasteiger charge is -2.23. The van der Waals surface area contributed by atoms with Crippen molar-refractivity contribution >= 4 is 29.2 Å². The Balaban J connectivity index is 1.71. The second-order valence-corrected chi connectivity index (χ2v) is 7.71. The van der Waals surface area contributed by atoms with E-state index in [1.807, 2.05) is 31.4 Å². The first-order valence-electron chi connectivity index (χ1n) is 8.34. The van der Waals surface area contributed by atoms with Crippen LogP contribution in [0.25, 0.3) is 0 Å². The van der Waals surface area contributed by atoms with E-state index in [-0.39, 0.29) is 24.4 Å². The molecule has 1 aliphatic rings. The zero-order valence-corrected chi connectivity index (χ0v) is 15.6. The van der Waals surface area contributed by atoms with Gasteiger partial charge in [-0.1, -0.05) is 19.9 Å². The van der Waals surface area contributed by atoms with Crippen molar-refractivity contribution in [2.45, 2.75) is 32.4 Å². The number of nitrogens with zero attached hydrogens (tertiary/aromatic N) is 1. The third-order valence-electron chi connectivity index (χ3n) is 4.42. The fourth-order valence-corrected chi connectivity index (χ4v) is 3.92. The van der Waals surface area contributed by atoms with Crippen LogP contribution in [-0.4, -0.2) is 29.3 Å². The summed E-state index contributed by atoms with van der Waals surface area (Å²) in [4.78, 5) is 39.4. The molecule has 3 rings (SSSR count). The Labute approximate surface area is 155 Å². The number of thiophene rings is 1. The van der Waals surface area contributed by atoms with E-state index in [0.29, 0.717) is 5.76 Å². The van der Waals surface area contributed by atoms with Crippen molar-refractivity contribution in [2.75, 3.05) is 6.54 Å². The molecule has 0 saturated carbocycles.